The molecule has 12 atom stereocenters. The standard InChI is InChI=1S/C50H53NO14S/c1-28-21-23-33(24-22-28)64-66(60)65-35-25-36-49(58,27-61-36)41-43(63-45(56)32-19-13-8-14-20-32)50(59)26-34(29(2)37(47(50,3)4)39(52)42(54)48(35,41)5)62-46(57)40(53)38(30-15-9-6-10-16-30)51-44(55)31-17-11-7-12-18-31/h6-24,34-36,38-41,43,52-53,58-59H,25-27H2,1-5H3,(H,51,55)/t34?,35?,36?,38?,39?,40?,41?,43?,48-,49+,50?,66?/m1/s1. The van der Waals surface area contributed by atoms with Crippen molar-refractivity contribution in [1.29, 1.82) is 0 Å². The smallest absolute Gasteiger partial charge is 0.360 e. The molecular weight excluding hydrogens is 871 g/mol. The molecule has 0 radical (unpaired) electrons. The van der Waals surface area contributed by atoms with E-state index in [0.29, 0.717) is 5.56 Å². The Labute approximate surface area is 384 Å². The number of hydrogen-bond acceptors (Lipinski definition) is 14. The monoisotopic (exact) mass is 923 g/mol. The number of amides is 1. The number of fused-ring (bicyclic) bond motifs is 5. The summed E-state index contributed by atoms with van der Waals surface area (Å²) in [5, 5.41) is 53.3. The second kappa shape index (κ2) is 17.9. The molecule has 1 amide bonds. The highest BCUT2D eigenvalue weighted by Crippen LogP contribution is 2.64. The summed E-state index contributed by atoms with van der Waals surface area (Å²) in [6.45, 7) is 7.49. The van der Waals surface area contributed by atoms with Crippen LogP contribution in [0.5, 0.6) is 5.75 Å². The molecule has 1 aliphatic heterocycles. The van der Waals surface area contributed by atoms with Gasteiger partial charge in [0.25, 0.3) is 5.91 Å². The van der Waals surface area contributed by atoms with Crippen molar-refractivity contribution >= 4 is 35.0 Å². The Bertz CT molecular complexity index is 2540. The van der Waals surface area contributed by atoms with Gasteiger partial charge < -0.3 is 44.1 Å². The van der Waals surface area contributed by atoms with Crippen LogP contribution in [-0.4, -0.2) is 103 Å². The molecule has 0 spiro atoms. The van der Waals surface area contributed by atoms with Crippen LogP contribution in [0.4, 0.5) is 0 Å². The number of ether oxygens (including phenoxy) is 3. The lowest BCUT2D eigenvalue weighted by Gasteiger charge is -2.67. The molecule has 3 fully saturated rings. The van der Waals surface area contributed by atoms with Gasteiger partial charge in [0.05, 0.1) is 35.8 Å². The number of aliphatic hydroxyl groups is 4. The number of Topliss-reactive ketones (excluding diaryl/α,β-unsaturated/α-hetero) is 1. The maximum absolute atomic E-state index is 15.4. The summed E-state index contributed by atoms with van der Waals surface area (Å²) < 4.78 is 43.7. The van der Waals surface area contributed by atoms with Gasteiger partial charge in [-0.25, -0.2) is 9.59 Å². The molecule has 5 N–H and O–H groups in total. The summed E-state index contributed by atoms with van der Waals surface area (Å²) in [4.78, 5) is 57.5. The van der Waals surface area contributed by atoms with Crippen molar-refractivity contribution in [3.63, 3.8) is 0 Å². The summed E-state index contributed by atoms with van der Waals surface area (Å²) >= 11 is -2.57. The number of esters is 2. The maximum atomic E-state index is 15.4. The molecule has 2 bridgehead atoms. The van der Waals surface area contributed by atoms with E-state index in [1.54, 1.807) is 117 Å². The third kappa shape index (κ3) is 8.07. The molecule has 3 aliphatic carbocycles. The summed E-state index contributed by atoms with van der Waals surface area (Å²) in [5.41, 5.74) is -6.49. The third-order valence-electron chi connectivity index (χ3n) is 14.3. The number of nitrogens with one attached hydrogen (secondary N) is 1. The first kappa shape index (κ1) is 46.9. The van der Waals surface area contributed by atoms with Crippen LogP contribution in [0.15, 0.2) is 126 Å². The average Bonchev–Trinajstić information content (AvgIpc) is 3.30. The SMILES string of the molecule is CC1=C2C(O)C(=O)[C@]3(C)C(OS(=O)Oc4ccc(C)cc4)CC4OC[C@@]4(O)C3C(OC(=O)c3ccccc3)C(O)(CC1OC(=O)C(O)C(NC(=O)c1ccccc1)c1ccccc1)C2(C)C. The predicted molar refractivity (Wildman–Crippen MR) is 237 cm³/mol. The fourth-order valence-corrected chi connectivity index (χ4v) is 11.2. The highest BCUT2D eigenvalue weighted by Gasteiger charge is 2.77. The molecule has 348 valence electrons. The second-order valence-electron chi connectivity index (χ2n) is 18.4. The van der Waals surface area contributed by atoms with Crippen molar-refractivity contribution in [3.05, 3.63) is 149 Å². The van der Waals surface area contributed by atoms with Crippen molar-refractivity contribution in [2.45, 2.75) is 101 Å². The van der Waals surface area contributed by atoms with Crippen LogP contribution < -0.4 is 9.50 Å². The van der Waals surface area contributed by atoms with Gasteiger partial charge in [-0.1, -0.05) is 98.3 Å². The van der Waals surface area contributed by atoms with Crippen molar-refractivity contribution in [2.75, 3.05) is 6.61 Å². The van der Waals surface area contributed by atoms with E-state index in [1.165, 1.54) is 26.0 Å². The molecule has 4 aromatic carbocycles. The van der Waals surface area contributed by atoms with E-state index < -0.39 is 112 Å². The Morgan fingerprint density at radius 1 is 0.833 bits per heavy atom. The number of carbonyl (C=O) groups is 4. The number of carbonyl (C=O) groups excluding carboxylic acids is 4. The summed E-state index contributed by atoms with van der Waals surface area (Å²) in [7, 11) is 0. The molecule has 2 saturated carbocycles. The van der Waals surface area contributed by atoms with Gasteiger partial charge in [0.1, 0.15) is 35.3 Å². The lowest BCUT2D eigenvalue weighted by Crippen LogP contribution is -2.81. The number of rotatable bonds is 12. The van der Waals surface area contributed by atoms with Gasteiger partial charge in [-0.3, -0.25) is 13.8 Å². The fraction of sp³-hybridized carbons (Fsp3) is 0.400. The molecule has 10 unspecified atom stereocenters. The van der Waals surface area contributed by atoms with Gasteiger partial charge in [-0.2, -0.15) is 4.21 Å². The van der Waals surface area contributed by atoms with Gasteiger partial charge in [-0.15, -0.1) is 0 Å². The van der Waals surface area contributed by atoms with Gasteiger partial charge >= 0.3 is 23.3 Å². The Morgan fingerprint density at radius 3 is 2.02 bits per heavy atom. The number of aryl methyl sites for hydroxylation is 1. The molecule has 4 aliphatic rings. The fourth-order valence-electron chi connectivity index (χ4n) is 10.4. The molecule has 4 aromatic rings. The largest absolute Gasteiger partial charge is 0.456 e. The quantitative estimate of drug-likeness (QED) is 0.0970. The van der Waals surface area contributed by atoms with E-state index in [2.05, 4.69) is 5.32 Å². The van der Waals surface area contributed by atoms with Crippen LogP contribution in [0.3, 0.4) is 0 Å². The van der Waals surface area contributed by atoms with Crippen LogP contribution in [0, 0.1) is 23.7 Å². The van der Waals surface area contributed by atoms with E-state index >= 15 is 4.79 Å². The van der Waals surface area contributed by atoms with Crippen LogP contribution in [0.1, 0.15) is 78.4 Å². The molecule has 8 rings (SSSR count). The zero-order chi connectivity index (χ0) is 47.3. The zero-order valence-corrected chi connectivity index (χ0v) is 37.8. The van der Waals surface area contributed by atoms with Gasteiger partial charge in [0, 0.05) is 29.7 Å². The first-order valence-electron chi connectivity index (χ1n) is 21.7. The second-order valence-corrected chi connectivity index (χ2v) is 19.1. The van der Waals surface area contributed by atoms with E-state index in [9.17, 15) is 39.0 Å². The molecule has 16 heteroatoms. The minimum Gasteiger partial charge on any atom is -0.456 e. The summed E-state index contributed by atoms with van der Waals surface area (Å²) in [6, 6.07) is 29.6. The van der Waals surface area contributed by atoms with E-state index in [1.807, 2.05) is 6.92 Å². The Kier molecular flexibility index (Phi) is 12.7. The van der Waals surface area contributed by atoms with Crippen molar-refractivity contribution in [2.24, 2.45) is 16.7 Å². The third-order valence-corrected chi connectivity index (χ3v) is 15.0. The Morgan fingerprint density at radius 2 is 1.42 bits per heavy atom. The predicted octanol–water partition coefficient (Wildman–Crippen LogP) is 4.58. The number of aliphatic hydroxyl groups excluding tert-OH is 2. The van der Waals surface area contributed by atoms with Crippen molar-refractivity contribution in [3.8, 4) is 5.75 Å². The van der Waals surface area contributed by atoms with Crippen molar-refractivity contribution < 1.29 is 66.4 Å². The summed E-state index contributed by atoms with van der Waals surface area (Å²) in [5.74, 6) is -5.12. The van der Waals surface area contributed by atoms with Gasteiger partial charge in [0.15, 0.2) is 11.9 Å². The minimum absolute atomic E-state index is 0.0667. The normalized spacial score (nSPS) is 31.3. The molecule has 1 heterocycles. The lowest BCUT2D eigenvalue weighted by atomic mass is 9.44. The molecule has 1 saturated heterocycles. The van der Waals surface area contributed by atoms with E-state index in [4.69, 9.17) is 22.6 Å². The summed E-state index contributed by atoms with van der Waals surface area (Å²) in [6.07, 6.45) is -10.7. The lowest BCUT2D eigenvalue weighted by molar-refractivity contribution is -0.341. The minimum atomic E-state index is -2.57. The Balaban J connectivity index is 1.22. The van der Waals surface area contributed by atoms with Crippen LogP contribution >= 0.6 is 0 Å². The number of hydrogen-bond donors (Lipinski definition) is 5. The highest BCUT2D eigenvalue weighted by atomic mass is 32.2. The van der Waals surface area contributed by atoms with E-state index in [0.717, 1.165) is 5.56 Å². The van der Waals surface area contributed by atoms with E-state index in [-0.39, 0.29) is 41.1 Å². The van der Waals surface area contributed by atoms with Gasteiger partial charge in [-0.05, 0) is 73.9 Å². The number of ketones is 1. The first-order valence-corrected chi connectivity index (χ1v) is 22.7. The van der Waals surface area contributed by atoms with Gasteiger partial charge in [0.2, 0.25) is 0 Å². The van der Waals surface area contributed by atoms with Crippen LogP contribution in [0.2, 0.25) is 0 Å². The zero-order valence-electron chi connectivity index (χ0n) is 37.0. The van der Waals surface area contributed by atoms with Crippen molar-refractivity contribution in [1.82, 2.24) is 5.32 Å². The molecular formula is C50H53NO14S. The Hall–Kier alpha value is -5.59. The molecule has 15 nitrogen and oxygen atoms in total. The maximum Gasteiger partial charge on any atom is 0.360 e. The topological polar surface area (TPSA) is 224 Å². The molecule has 66 heavy (non-hydrogen) atoms. The van der Waals surface area contributed by atoms with Crippen LogP contribution in [-0.2, 0) is 39.3 Å². The van der Waals surface area contributed by atoms with Crippen LogP contribution in [0.25, 0.3) is 0 Å². The first-order chi connectivity index (χ1) is 31.3. The molecule has 0 aromatic heterocycles. The number of benzene rings is 4. The average molecular weight is 924 g/mol. The highest BCUT2D eigenvalue weighted by molar-refractivity contribution is 7.75.